The molecule has 1 aromatic heterocycles. The number of aromatic amines is 1. The zero-order valence-corrected chi connectivity index (χ0v) is 14.0. The van der Waals surface area contributed by atoms with Crippen molar-refractivity contribution in [1.29, 1.82) is 0 Å². The van der Waals surface area contributed by atoms with E-state index in [1.165, 1.54) is 7.05 Å². The predicted molar refractivity (Wildman–Crippen MR) is 94.5 cm³/mol. The molecular formula is C15H22ClN5O2. The summed E-state index contributed by atoms with van der Waals surface area (Å²) in [5.74, 6) is 0.498. The second kappa shape index (κ2) is 8.40. The van der Waals surface area contributed by atoms with Crippen molar-refractivity contribution < 1.29 is 9.53 Å². The first-order valence-corrected chi connectivity index (χ1v) is 7.05. The number of hydrogen-bond acceptors (Lipinski definition) is 4. The van der Waals surface area contributed by atoms with Crippen LogP contribution in [-0.4, -0.2) is 37.1 Å². The first-order chi connectivity index (χ1) is 10.5. The molecule has 6 N–H and O–H groups in total. The van der Waals surface area contributed by atoms with Crippen molar-refractivity contribution in [1.82, 2.24) is 10.3 Å². The van der Waals surface area contributed by atoms with Crippen molar-refractivity contribution in [2.75, 3.05) is 20.2 Å². The molecule has 0 radical (unpaired) electrons. The molecule has 0 aliphatic carbocycles. The lowest BCUT2D eigenvalue weighted by atomic mass is 10.1. The highest BCUT2D eigenvalue weighted by Crippen LogP contribution is 2.25. The summed E-state index contributed by atoms with van der Waals surface area (Å²) in [5, 5.41) is 3.46. The number of guanidine groups is 1. The maximum Gasteiger partial charge on any atom is 0.274 e. The van der Waals surface area contributed by atoms with Gasteiger partial charge in [-0.15, -0.1) is 12.4 Å². The van der Waals surface area contributed by atoms with E-state index in [1.54, 1.807) is 6.07 Å². The van der Waals surface area contributed by atoms with E-state index in [1.807, 2.05) is 19.1 Å². The van der Waals surface area contributed by atoms with Crippen LogP contribution in [0.3, 0.4) is 0 Å². The Morgan fingerprint density at radius 2 is 2.13 bits per heavy atom. The molecule has 0 fully saturated rings. The summed E-state index contributed by atoms with van der Waals surface area (Å²) < 4.78 is 5.65. The van der Waals surface area contributed by atoms with E-state index in [0.717, 1.165) is 28.6 Å². The molecular weight excluding hydrogens is 318 g/mol. The molecule has 1 heterocycles. The molecule has 23 heavy (non-hydrogen) atoms. The van der Waals surface area contributed by atoms with Gasteiger partial charge in [0.2, 0.25) is 0 Å². The predicted octanol–water partition coefficient (Wildman–Crippen LogP) is 1.30. The minimum Gasteiger partial charge on any atom is -0.493 e. The fraction of sp³-hybridized carbons (Fsp3) is 0.333. The Kier molecular flexibility index (Phi) is 6.87. The van der Waals surface area contributed by atoms with Crippen molar-refractivity contribution in [2.24, 2.45) is 16.5 Å². The molecule has 0 unspecified atom stereocenters. The van der Waals surface area contributed by atoms with Crippen LogP contribution in [-0.2, 0) is 0 Å². The molecule has 126 valence electrons. The molecule has 0 bridgehead atoms. The van der Waals surface area contributed by atoms with Crippen LogP contribution in [0.1, 0.15) is 22.5 Å². The average Bonchev–Trinajstić information content (AvgIpc) is 2.92. The highest BCUT2D eigenvalue weighted by Gasteiger charge is 2.12. The zero-order valence-electron chi connectivity index (χ0n) is 13.2. The third kappa shape index (κ3) is 4.61. The van der Waals surface area contributed by atoms with Gasteiger partial charge < -0.3 is 21.2 Å². The van der Waals surface area contributed by atoms with Crippen LogP contribution in [0.5, 0.6) is 5.75 Å². The first kappa shape index (κ1) is 18.8. The third-order valence-electron chi connectivity index (χ3n) is 3.26. The number of carbonyl (C=O) groups excluding carboxylic acids is 1. The maximum atomic E-state index is 12.0. The minimum atomic E-state index is -0.329. The number of benzene rings is 1. The summed E-state index contributed by atoms with van der Waals surface area (Å²) in [4.78, 5) is 18.8. The van der Waals surface area contributed by atoms with Crippen LogP contribution in [0.4, 0.5) is 0 Å². The number of rotatable bonds is 5. The maximum absolute atomic E-state index is 12.0. The third-order valence-corrected chi connectivity index (χ3v) is 3.26. The SMILES string of the molecule is CN=C(N)NC(=O)c1cc2c(C)cc(OCCCN)cc2[nH]1.Cl. The summed E-state index contributed by atoms with van der Waals surface area (Å²) in [6, 6.07) is 5.59. The number of halogens is 1. The van der Waals surface area contributed by atoms with Crippen molar-refractivity contribution in [3.05, 3.63) is 29.5 Å². The largest absolute Gasteiger partial charge is 0.493 e. The Balaban J connectivity index is 0.00000264. The monoisotopic (exact) mass is 339 g/mol. The minimum absolute atomic E-state index is 0. The van der Waals surface area contributed by atoms with E-state index in [9.17, 15) is 4.79 Å². The molecule has 0 aliphatic rings. The van der Waals surface area contributed by atoms with Crippen molar-refractivity contribution in [3.8, 4) is 5.75 Å². The summed E-state index contributed by atoms with van der Waals surface area (Å²) >= 11 is 0. The van der Waals surface area contributed by atoms with Crippen LogP contribution in [0.15, 0.2) is 23.2 Å². The standard InChI is InChI=1S/C15H21N5O2.ClH/c1-9-6-10(22-5-3-4-16)7-12-11(9)8-13(19-12)14(21)20-15(17)18-2;/h6-8,19H,3-5,16H2,1-2H3,(H3,17,18,20,21);1H. The topological polar surface area (TPSA) is 119 Å². The van der Waals surface area contributed by atoms with Crippen LogP contribution in [0.25, 0.3) is 10.9 Å². The second-order valence-electron chi connectivity index (χ2n) is 4.94. The smallest absolute Gasteiger partial charge is 0.274 e. The fourth-order valence-electron chi connectivity index (χ4n) is 2.10. The lowest BCUT2D eigenvalue weighted by Crippen LogP contribution is -2.36. The molecule has 0 saturated carbocycles. The number of aliphatic imine (C=N–C) groups is 1. The van der Waals surface area contributed by atoms with Crippen LogP contribution in [0, 0.1) is 6.92 Å². The Morgan fingerprint density at radius 3 is 2.78 bits per heavy atom. The van der Waals surface area contributed by atoms with Gasteiger partial charge in [0.1, 0.15) is 11.4 Å². The molecule has 0 spiro atoms. The van der Waals surface area contributed by atoms with Gasteiger partial charge >= 0.3 is 0 Å². The molecule has 0 saturated heterocycles. The van der Waals surface area contributed by atoms with Gasteiger partial charge in [0.05, 0.1) is 6.61 Å². The van der Waals surface area contributed by atoms with Gasteiger partial charge in [-0.1, -0.05) is 0 Å². The fourth-order valence-corrected chi connectivity index (χ4v) is 2.10. The van der Waals surface area contributed by atoms with E-state index in [2.05, 4.69) is 15.3 Å². The Morgan fingerprint density at radius 1 is 1.39 bits per heavy atom. The number of fused-ring (bicyclic) bond motifs is 1. The van der Waals surface area contributed by atoms with Gasteiger partial charge in [-0.05, 0) is 37.6 Å². The Hall–Kier alpha value is -2.25. The molecule has 0 aliphatic heterocycles. The second-order valence-corrected chi connectivity index (χ2v) is 4.94. The zero-order chi connectivity index (χ0) is 16.1. The Labute approximate surface area is 140 Å². The van der Waals surface area contributed by atoms with Gasteiger partial charge in [-0.2, -0.15) is 0 Å². The number of ether oxygens (including phenoxy) is 1. The number of nitrogens with one attached hydrogen (secondary N) is 2. The number of hydrogen-bond donors (Lipinski definition) is 4. The number of aryl methyl sites for hydroxylation is 1. The number of H-pyrrole nitrogens is 1. The van der Waals surface area contributed by atoms with Crippen molar-refractivity contribution in [3.63, 3.8) is 0 Å². The molecule has 0 atom stereocenters. The average molecular weight is 340 g/mol. The molecule has 7 nitrogen and oxygen atoms in total. The highest BCUT2D eigenvalue weighted by atomic mass is 35.5. The van der Waals surface area contributed by atoms with Gasteiger partial charge in [0.15, 0.2) is 5.96 Å². The van der Waals surface area contributed by atoms with Gasteiger partial charge in [-0.3, -0.25) is 15.1 Å². The van der Waals surface area contributed by atoms with E-state index in [4.69, 9.17) is 16.2 Å². The molecule has 1 amide bonds. The normalized spacial score (nSPS) is 11.2. The number of aromatic nitrogens is 1. The number of nitrogens with zero attached hydrogens (tertiary/aromatic N) is 1. The highest BCUT2D eigenvalue weighted by molar-refractivity contribution is 6.06. The van der Waals surface area contributed by atoms with Crippen molar-refractivity contribution >= 4 is 35.2 Å². The van der Waals surface area contributed by atoms with E-state index in [-0.39, 0.29) is 24.3 Å². The van der Waals surface area contributed by atoms with Gasteiger partial charge in [-0.25, -0.2) is 0 Å². The van der Waals surface area contributed by atoms with Crippen LogP contribution in [0.2, 0.25) is 0 Å². The first-order valence-electron chi connectivity index (χ1n) is 7.05. The number of amides is 1. The number of nitrogens with two attached hydrogens (primary N) is 2. The molecule has 2 aromatic rings. The molecule has 1 aromatic carbocycles. The van der Waals surface area contributed by atoms with E-state index >= 15 is 0 Å². The van der Waals surface area contributed by atoms with Crippen LogP contribution < -0.4 is 21.5 Å². The molecule has 8 heteroatoms. The lowest BCUT2D eigenvalue weighted by molar-refractivity contribution is 0.0972. The van der Waals surface area contributed by atoms with Crippen molar-refractivity contribution in [2.45, 2.75) is 13.3 Å². The van der Waals surface area contributed by atoms with Gasteiger partial charge in [0.25, 0.3) is 5.91 Å². The van der Waals surface area contributed by atoms with Gasteiger partial charge in [0, 0.05) is 24.0 Å². The number of carbonyl (C=O) groups is 1. The Bertz CT molecular complexity index is 711. The van der Waals surface area contributed by atoms with Crippen LogP contribution >= 0.6 is 12.4 Å². The lowest BCUT2D eigenvalue weighted by Gasteiger charge is -2.06. The summed E-state index contributed by atoms with van der Waals surface area (Å²) in [6.07, 6.45) is 0.797. The quantitative estimate of drug-likeness (QED) is 0.373. The van der Waals surface area contributed by atoms with E-state index in [0.29, 0.717) is 18.8 Å². The summed E-state index contributed by atoms with van der Waals surface area (Å²) in [6.45, 7) is 3.13. The summed E-state index contributed by atoms with van der Waals surface area (Å²) in [5.41, 5.74) is 13.2. The molecule has 2 rings (SSSR count). The summed E-state index contributed by atoms with van der Waals surface area (Å²) in [7, 11) is 1.51. The van der Waals surface area contributed by atoms with E-state index < -0.39 is 0 Å².